The summed E-state index contributed by atoms with van der Waals surface area (Å²) in [6, 6.07) is 20.2. The zero-order valence-corrected chi connectivity index (χ0v) is 19.6. The Kier molecular flexibility index (Phi) is 6.67. The predicted octanol–water partition coefficient (Wildman–Crippen LogP) is 6.60. The number of nitro groups is 1. The van der Waals surface area contributed by atoms with E-state index in [1.165, 1.54) is 28.8 Å². The highest BCUT2D eigenvalue weighted by Gasteiger charge is 2.35. The number of carbonyl (C=O) groups is 2. The fraction of sp³-hybridized carbons (Fsp3) is 0.120. The van der Waals surface area contributed by atoms with E-state index in [1.807, 2.05) is 62.4 Å². The second-order valence-corrected chi connectivity index (χ2v) is 9.76. The van der Waals surface area contributed by atoms with Gasteiger partial charge in [-0.25, -0.2) is 0 Å². The molecule has 3 aromatic rings. The summed E-state index contributed by atoms with van der Waals surface area (Å²) in [7, 11) is 0. The fourth-order valence-corrected chi connectivity index (χ4v) is 5.11. The van der Waals surface area contributed by atoms with E-state index in [4.69, 9.17) is 0 Å². The molecule has 33 heavy (non-hydrogen) atoms. The van der Waals surface area contributed by atoms with Crippen LogP contribution in [0.4, 0.5) is 10.5 Å². The summed E-state index contributed by atoms with van der Waals surface area (Å²) in [6.07, 6.45) is 1.54. The average Bonchev–Trinajstić information content (AvgIpc) is 3.03. The molecule has 0 spiro atoms. The van der Waals surface area contributed by atoms with E-state index >= 15 is 0 Å². The Bertz CT molecular complexity index is 1290. The molecule has 1 aliphatic rings. The summed E-state index contributed by atoms with van der Waals surface area (Å²) in [5.74, 6) is -0.396. The number of rotatable bonds is 6. The number of benzene rings is 3. The van der Waals surface area contributed by atoms with Crippen LogP contribution in [0.2, 0.25) is 0 Å². The molecule has 2 amide bonds. The number of amides is 2. The highest BCUT2D eigenvalue weighted by Crippen LogP contribution is 2.38. The maximum absolute atomic E-state index is 12.8. The van der Waals surface area contributed by atoms with E-state index in [9.17, 15) is 19.7 Å². The zero-order valence-electron chi connectivity index (χ0n) is 18.0. The van der Waals surface area contributed by atoms with Crippen molar-refractivity contribution in [2.75, 3.05) is 0 Å². The minimum absolute atomic E-state index is 0.0479. The third kappa shape index (κ3) is 5.35. The molecule has 3 aromatic carbocycles. The van der Waals surface area contributed by atoms with E-state index in [2.05, 4.69) is 0 Å². The number of nitro benzene ring substituents is 1. The minimum Gasteiger partial charge on any atom is -0.268 e. The van der Waals surface area contributed by atoms with Crippen molar-refractivity contribution >= 4 is 46.4 Å². The predicted molar refractivity (Wildman–Crippen MR) is 131 cm³/mol. The van der Waals surface area contributed by atoms with E-state index < -0.39 is 10.8 Å². The average molecular weight is 477 g/mol. The molecule has 0 atom stereocenters. The van der Waals surface area contributed by atoms with Crippen LogP contribution in [0.15, 0.2) is 81.4 Å². The van der Waals surface area contributed by atoms with Gasteiger partial charge in [-0.15, -0.1) is 0 Å². The SMILES string of the molecule is Cc1ccc(Sc2ccc(/C=C3\SC(=O)N(Cc4cccc(C)c4)C3=O)cc2[N+](=O)[O-])cc1. The molecule has 166 valence electrons. The van der Waals surface area contributed by atoms with Crippen LogP contribution in [-0.2, 0) is 11.3 Å². The van der Waals surface area contributed by atoms with Gasteiger partial charge in [-0.05, 0) is 61.0 Å². The summed E-state index contributed by atoms with van der Waals surface area (Å²) in [4.78, 5) is 39.4. The lowest BCUT2D eigenvalue weighted by molar-refractivity contribution is -0.387. The van der Waals surface area contributed by atoms with Crippen molar-refractivity contribution in [3.63, 3.8) is 0 Å². The van der Waals surface area contributed by atoms with Crippen LogP contribution in [0.1, 0.15) is 22.3 Å². The first-order chi connectivity index (χ1) is 15.8. The van der Waals surface area contributed by atoms with Gasteiger partial charge in [0.25, 0.3) is 16.8 Å². The number of thioether (sulfide) groups is 1. The molecule has 8 heteroatoms. The molecule has 4 rings (SSSR count). The molecule has 0 unspecified atom stereocenters. The quantitative estimate of drug-likeness (QED) is 0.227. The van der Waals surface area contributed by atoms with Gasteiger partial charge in [0.1, 0.15) is 0 Å². The Morgan fingerprint density at radius 2 is 1.76 bits per heavy atom. The number of aryl methyl sites for hydroxylation is 2. The Balaban J connectivity index is 1.57. The van der Waals surface area contributed by atoms with Crippen molar-refractivity contribution in [3.8, 4) is 0 Å². The van der Waals surface area contributed by atoms with E-state index in [0.29, 0.717) is 10.5 Å². The number of hydrogen-bond acceptors (Lipinski definition) is 6. The van der Waals surface area contributed by atoms with Crippen LogP contribution in [-0.4, -0.2) is 21.0 Å². The van der Waals surface area contributed by atoms with Crippen LogP contribution in [0.25, 0.3) is 6.08 Å². The summed E-state index contributed by atoms with van der Waals surface area (Å²) in [6.45, 7) is 4.12. The van der Waals surface area contributed by atoms with Gasteiger partial charge in [-0.3, -0.25) is 24.6 Å². The van der Waals surface area contributed by atoms with Crippen LogP contribution < -0.4 is 0 Å². The van der Waals surface area contributed by atoms with E-state index in [1.54, 1.807) is 12.1 Å². The van der Waals surface area contributed by atoms with Crippen LogP contribution in [0, 0.1) is 24.0 Å². The first-order valence-corrected chi connectivity index (χ1v) is 11.8. The Labute approximate surface area is 199 Å². The van der Waals surface area contributed by atoms with E-state index in [-0.39, 0.29) is 22.4 Å². The molecule has 1 heterocycles. The van der Waals surface area contributed by atoms with Gasteiger partial charge in [0.2, 0.25) is 0 Å². The molecule has 1 fully saturated rings. The van der Waals surface area contributed by atoms with Crippen molar-refractivity contribution in [1.82, 2.24) is 4.90 Å². The second kappa shape index (κ2) is 9.64. The molecule has 0 radical (unpaired) electrons. The topological polar surface area (TPSA) is 80.5 Å². The summed E-state index contributed by atoms with van der Waals surface area (Å²) in [5.41, 5.74) is 3.47. The van der Waals surface area contributed by atoms with Gasteiger partial charge in [0, 0.05) is 11.0 Å². The van der Waals surface area contributed by atoms with E-state index in [0.717, 1.165) is 33.3 Å². The smallest absolute Gasteiger partial charge is 0.268 e. The van der Waals surface area contributed by atoms with Crippen molar-refractivity contribution in [2.45, 2.75) is 30.2 Å². The molecular formula is C25H20N2O4S2. The first kappa shape index (κ1) is 22.8. The third-order valence-corrected chi connectivity index (χ3v) is 7.00. The summed E-state index contributed by atoms with van der Waals surface area (Å²) < 4.78 is 0. The fourth-order valence-electron chi connectivity index (χ4n) is 3.37. The largest absolute Gasteiger partial charge is 0.293 e. The monoisotopic (exact) mass is 476 g/mol. The molecule has 6 nitrogen and oxygen atoms in total. The van der Waals surface area contributed by atoms with Gasteiger partial charge in [0.15, 0.2) is 0 Å². The van der Waals surface area contributed by atoms with Gasteiger partial charge in [-0.1, -0.05) is 65.4 Å². The number of imide groups is 1. The van der Waals surface area contributed by atoms with Crippen molar-refractivity contribution in [3.05, 3.63) is 104 Å². The molecular weight excluding hydrogens is 456 g/mol. The maximum Gasteiger partial charge on any atom is 0.293 e. The lowest BCUT2D eigenvalue weighted by Crippen LogP contribution is -2.27. The molecule has 1 saturated heterocycles. The van der Waals surface area contributed by atoms with Crippen LogP contribution in [0.5, 0.6) is 0 Å². The zero-order chi connectivity index (χ0) is 23.5. The normalized spacial score (nSPS) is 14.8. The van der Waals surface area contributed by atoms with Gasteiger partial charge in [-0.2, -0.15) is 0 Å². The lowest BCUT2D eigenvalue weighted by Gasteiger charge is -2.12. The molecule has 1 aliphatic heterocycles. The highest BCUT2D eigenvalue weighted by atomic mass is 32.2. The van der Waals surface area contributed by atoms with Crippen LogP contribution >= 0.6 is 23.5 Å². The summed E-state index contributed by atoms with van der Waals surface area (Å²) in [5, 5.41) is 11.3. The second-order valence-electron chi connectivity index (χ2n) is 7.66. The Morgan fingerprint density at radius 3 is 2.45 bits per heavy atom. The van der Waals surface area contributed by atoms with Gasteiger partial charge >= 0.3 is 0 Å². The molecule has 0 aliphatic carbocycles. The molecule has 0 saturated carbocycles. The van der Waals surface area contributed by atoms with Crippen molar-refractivity contribution in [2.24, 2.45) is 0 Å². The molecule has 0 N–H and O–H groups in total. The van der Waals surface area contributed by atoms with Gasteiger partial charge < -0.3 is 0 Å². The minimum atomic E-state index is -0.433. The third-order valence-electron chi connectivity index (χ3n) is 5.02. The summed E-state index contributed by atoms with van der Waals surface area (Å²) >= 11 is 2.16. The number of carbonyl (C=O) groups excluding carboxylic acids is 2. The van der Waals surface area contributed by atoms with Crippen LogP contribution in [0.3, 0.4) is 0 Å². The first-order valence-electron chi connectivity index (χ1n) is 10.1. The van der Waals surface area contributed by atoms with Crippen molar-refractivity contribution < 1.29 is 14.5 Å². The van der Waals surface area contributed by atoms with Gasteiger partial charge in [0.05, 0.1) is 21.3 Å². The Hall–Kier alpha value is -3.36. The standard InChI is InChI=1S/C25H20N2O4S2/c1-16-6-9-20(10-7-16)32-22-11-8-18(13-21(22)27(30)31)14-23-24(28)26(25(29)33-23)15-19-5-3-4-17(2)12-19/h3-14H,15H2,1-2H3/b23-14-. The number of hydrogen-bond donors (Lipinski definition) is 0. The number of nitrogens with zero attached hydrogens (tertiary/aromatic N) is 2. The highest BCUT2D eigenvalue weighted by molar-refractivity contribution is 8.18. The molecule has 0 bridgehead atoms. The van der Waals surface area contributed by atoms with Crippen molar-refractivity contribution in [1.29, 1.82) is 0 Å². The molecule has 0 aromatic heterocycles. The lowest BCUT2D eigenvalue weighted by atomic mass is 10.1. The maximum atomic E-state index is 12.8. The Morgan fingerprint density at radius 1 is 1.00 bits per heavy atom.